The molecular weight excluding hydrogens is 583 g/mol. The molecule has 1 aromatic heterocycles. The number of aromatic nitrogens is 2. The van der Waals surface area contributed by atoms with Crippen LogP contribution in [0.15, 0.2) is 54.7 Å². The summed E-state index contributed by atoms with van der Waals surface area (Å²) in [7, 11) is 0. The number of nitrogens with zero attached hydrogens (tertiary/aromatic N) is 2. The lowest BCUT2D eigenvalue weighted by Crippen LogP contribution is -2.46. The number of amides is 2. The molecule has 0 aliphatic heterocycles. The van der Waals surface area contributed by atoms with Crippen molar-refractivity contribution in [1.82, 2.24) is 15.3 Å². The van der Waals surface area contributed by atoms with Crippen LogP contribution in [0.3, 0.4) is 0 Å². The highest BCUT2D eigenvalue weighted by Gasteiger charge is 2.31. The van der Waals surface area contributed by atoms with Gasteiger partial charge in [-0.1, -0.05) is 24.3 Å². The van der Waals surface area contributed by atoms with Crippen molar-refractivity contribution in [3.05, 3.63) is 71.8 Å². The van der Waals surface area contributed by atoms with E-state index in [-0.39, 0.29) is 63.2 Å². The van der Waals surface area contributed by atoms with E-state index in [2.05, 4.69) is 15.3 Å². The molecule has 3 unspecified atom stereocenters. The van der Waals surface area contributed by atoms with Gasteiger partial charge in [-0.2, -0.15) is 0 Å². The molecule has 0 saturated heterocycles. The van der Waals surface area contributed by atoms with Crippen molar-refractivity contribution < 1.29 is 38.1 Å². The van der Waals surface area contributed by atoms with Crippen LogP contribution >= 0.6 is 0 Å². The monoisotopic (exact) mass is 624 g/mol. The number of halogens is 1. The number of carbonyl (C=O) groups excluding carboxylic acids is 4. The summed E-state index contributed by atoms with van der Waals surface area (Å²) >= 11 is 0. The summed E-state index contributed by atoms with van der Waals surface area (Å²) in [5.41, 5.74) is 6.42. The first-order valence-electron chi connectivity index (χ1n) is 15.0. The summed E-state index contributed by atoms with van der Waals surface area (Å²) in [4.78, 5) is 58.1. The summed E-state index contributed by atoms with van der Waals surface area (Å²) < 4.78 is 24.4. The van der Waals surface area contributed by atoms with E-state index in [0.29, 0.717) is 16.6 Å². The molecule has 0 spiro atoms. The van der Waals surface area contributed by atoms with Crippen molar-refractivity contribution in [2.45, 2.75) is 83.5 Å². The van der Waals surface area contributed by atoms with Crippen molar-refractivity contribution >= 4 is 34.8 Å². The predicted molar refractivity (Wildman–Crippen MR) is 164 cm³/mol. The van der Waals surface area contributed by atoms with Gasteiger partial charge in [0.15, 0.2) is 0 Å². The van der Waals surface area contributed by atoms with Crippen molar-refractivity contribution in [2.24, 2.45) is 11.7 Å². The Bertz CT molecular complexity index is 1480. The maximum atomic E-state index is 14.0. The molecule has 3 rings (SSSR count). The van der Waals surface area contributed by atoms with Gasteiger partial charge in [-0.05, 0) is 82.7 Å². The fourth-order valence-corrected chi connectivity index (χ4v) is 4.88. The number of ether oxygens (including phenoxy) is 2. The molecule has 0 fully saturated rings. The van der Waals surface area contributed by atoms with Crippen molar-refractivity contribution in [3.63, 3.8) is 0 Å². The van der Waals surface area contributed by atoms with Crippen LogP contribution in [0.5, 0.6) is 0 Å². The molecule has 242 valence electrons. The number of para-hydroxylation sites is 2. The molecule has 0 aliphatic rings. The van der Waals surface area contributed by atoms with Crippen LogP contribution in [0, 0.1) is 11.7 Å². The maximum Gasteiger partial charge on any atom is 0.306 e. The van der Waals surface area contributed by atoms with Gasteiger partial charge in [-0.15, -0.1) is 0 Å². The van der Waals surface area contributed by atoms with E-state index >= 15 is 0 Å². The van der Waals surface area contributed by atoms with Gasteiger partial charge in [0.2, 0.25) is 5.91 Å². The second-order valence-corrected chi connectivity index (χ2v) is 11.5. The van der Waals surface area contributed by atoms with Gasteiger partial charge in [-0.25, -0.2) is 9.37 Å². The summed E-state index contributed by atoms with van der Waals surface area (Å²) in [5, 5.41) is 14.1. The fraction of sp³-hybridized carbons (Fsp3) is 0.455. The Morgan fingerprint density at radius 3 is 2.44 bits per heavy atom. The molecule has 1 heterocycles. The number of nitrogens with two attached hydrogens (primary N) is 1. The molecule has 45 heavy (non-hydrogen) atoms. The number of carbonyl (C=O) groups is 4. The summed E-state index contributed by atoms with van der Waals surface area (Å²) in [5.74, 6) is -3.43. The van der Waals surface area contributed by atoms with Crippen molar-refractivity contribution in [3.8, 4) is 0 Å². The average molecular weight is 625 g/mol. The molecule has 0 saturated carbocycles. The Kier molecular flexibility index (Phi) is 12.9. The minimum Gasteiger partial charge on any atom is -0.466 e. The second kappa shape index (κ2) is 16.6. The Labute approximate surface area is 261 Å². The first-order chi connectivity index (χ1) is 21.4. The van der Waals surface area contributed by atoms with Gasteiger partial charge >= 0.3 is 11.9 Å². The van der Waals surface area contributed by atoms with Gasteiger partial charge in [0.1, 0.15) is 17.1 Å². The lowest BCUT2D eigenvalue weighted by atomic mass is 9.87. The van der Waals surface area contributed by atoms with Gasteiger partial charge in [0, 0.05) is 18.8 Å². The SMILES string of the molecule is CCOC(=O)CCCC(=O)OC(C)(C)CCC(CC(O)C(Cc1cccc(F)c1)NC(=O)c1cnc2ccccc2n1)C(N)=O. The van der Waals surface area contributed by atoms with Crippen molar-refractivity contribution in [2.75, 3.05) is 6.61 Å². The first kappa shape index (κ1) is 35.0. The van der Waals surface area contributed by atoms with E-state index in [0.717, 1.165) is 0 Å². The molecule has 0 radical (unpaired) electrons. The molecule has 3 aromatic rings. The highest BCUT2D eigenvalue weighted by Crippen LogP contribution is 2.25. The summed E-state index contributed by atoms with van der Waals surface area (Å²) in [6.45, 7) is 5.36. The molecule has 12 heteroatoms. The lowest BCUT2D eigenvalue weighted by molar-refractivity contribution is -0.157. The maximum absolute atomic E-state index is 14.0. The molecule has 2 aromatic carbocycles. The van der Waals surface area contributed by atoms with Gasteiger partial charge in [-0.3, -0.25) is 24.2 Å². The number of aliphatic hydroxyl groups excluding tert-OH is 1. The van der Waals surface area contributed by atoms with Gasteiger partial charge in [0.05, 0.1) is 36.0 Å². The standard InChI is InChI=1S/C33H41FN4O7/c1-4-44-29(40)13-8-14-30(41)45-33(2,3)16-15-22(31(35)42)19-28(39)26(18-21-9-7-10-23(34)17-21)38-32(43)27-20-36-24-11-5-6-12-25(24)37-27/h5-7,9-12,17,20,22,26,28,39H,4,8,13-16,18-19H2,1-3H3,(H2,35,42)(H,38,43). The number of fused-ring (bicyclic) bond motifs is 1. The van der Waals surface area contributed by atoms with Crippen LogP contribution in [-0.4, -0.2) is 63.2 Å². The van der Waals surface area contributed by atoms with Crippen LogP contribution in [0.2, 0.25) is 0 Å². The molecule has 11 nitrogen and oxygen atoms in total. The number of aliphatic hydroxyl groups is 1. The molecule has 2 amide bonds. The predicted octanol–water partition coefficient (Wildman–Crippen LogP) is 3.80. The zero-order chi connectivity index (χ0) is 33.0. The molecule has 0 aliphatic carbocycles. The third kappa shape index (κ3) is 11.5. The zero-order valence-corrected chi connectivity index (χ0v) is 25.8. The first-order valence-corrected chi connectivity index (χ1v) is 15.0. The number of hydrogen-bond acceptors (Lipinski definition) is 9. The third-order valence-electron chi connectivity index (χ3n) is 7.29. The Hall–Kier alpha value is -4.45. The van der Waals surface area contributed by atoms with Crippen LogP contribution in [0.1, 0.15) is 75.3 Å². The van der Waals surface area contributed by atoms with E-state index in [1.807, 2.05) is 0 Å². The number of benzene rings is 2. The fourth-order valence-electron chi connectivity index (χ4n) is 4.88. The highest BCUT2D eigenvalue weighted by atomic mass is 19.1. The summed E-state index contributed by atoms with van der Waals surface area (Å²) in [6.07, 6.45) is 0.889. The Morgan fingerprint density at radius 1 is 1.04 bits per heavy atom. The normalized spacial score (nSPS) is 13.4. The average Bonchev–Trinajstić information content (AvgIpc) is 2.98. The van der Waals surface area contributed by atoms with Crippen LogP contribution in [0.4, 0.5) is 4.39 Å². The minimum absolute atomic E-state index is 0.0300. The number of nitrogens with one attached hydrogen (secondary N) is 1. The molecule has 0 bridgehead atoms. The molecule has 3 atom stereocenters. The Balaban J connectivity index is 1.67. The molecule has 4 N–H and O–H groups in total. The highest BCUT2D eigenvalue weighted by molar-refractivity contribution is 5.94. The van der Waals surface area contributed by atoms with Crippen molar-refractivity contribution in [1.29, 1.82) is 0 Å². The van der Waals surface area contributed by atoms with Gasteiger partial charge < -0.3 is 25.6 Å². The topological polar surface area (TPSA) is 171 Å². The number of rotatable bonds is 17. The Morgan fingerprint density at radius 2 is 1.76 bits per heavy atom. The van der Waals surface area contributed by atoms with Crippen LogP contribution < -0.4 is 11.1 Å². The van der Waals surface area contributed by atoms with Gasteiger partial charge in [0.25, 0.3) is 5.91 Å². The third-order valence-corrected chi connectivity index (χ3v) is 7.29. The largest absolute Gasteiger partial charge is 0.466 e. The van der Waals surface area contributed by atoms with E-state index in [1.54, 1.807) is 51.1 Å². The smallest absolute Gasteiger partial charge is 0.306 e. The minimum atomic E-state index is -1.25. The van der Waals surface area contributed by atoms with E-state index in [1.165, 1.54) is 24.4 Å². The zero-order valence-electron chi connectivity index (χ0n) is 25.8. The summed E-state index contributed by atoms with van der Waals surface area (Å²) in [6, 6.07) is 11.9. The van der Waals surface area contributed by atoms with Crippen LogP contribution in [-0.2, 0) is 30.3 Å². The lowest BCUT2D eigenvalue weighted by Gasteiger charge is -2.29. The van der Waals surface area contributed by atoms with E-state index < -0.39 is 47.3 Å². The number of esters is 2. The van der Waals surface area contributed by atoms with E-state index in [4.69, 9.17) is 15.2 Å². The quantitative estimate of drug-likeness (QED) is 0.189. The van der Waals surface area contributed by atoms with E-state index in [9.17, 15) is 28.7 Å². The second-order valence-electron chi connectivity index (χ2n) is 11.5. The number of hydrogen-bond donors (Lipinski definition) is 3. The van der Waals surface area contributed by atoms with Crippen LogP contribution in [0.25, 0.3) is 11.0 Å². The molecular formula is C33H41FN4O7. The number of primary amides is 1.